The van der Waals surface area contributed by atoms with E-state index in [1.165, 1.54) is 19.3 Å². The van der Waals surface area contributed by atoms with E-state index in [0.717, 1.165) is 18.4 Å². The van der Waals surface area contributed by atoms with Crippen molar-refractivity contribution >= 4 is 17.6 Å². The number of rotatable bonds is 3. The summed E-state index contributed by atoms with van der Waals surface area (Å²) < 4.78 is 0. The van der Waals surface area contributed by atoms with E-state index in [1.807, 2.05) is 24.3 Å². The molecule has 22 heavy (non-hydrogen) atoms. The molecule has 1 aromatic rings. The molecular weight excluding hydrogens is 298 g/mol. The van der Waals surface area contributed by atoms with Gasteiger partial charge in [-0.3, -0.25) is 0 Å². The number of nitrogens with zero attached hydrogens (tertiary/aromatic N) is 1. The fourth-order valence-electron chi connectivity index (χ4n) is 3.80. The molecule has 2 saturated heterocycles. The molecule has 1 aromatic carbocycles. The summed E-state index contributed by atoms with van der Waals surface area (Å²) in [6, 6.07) is 9.06. The van der Waals surface area contributed by atoms with E-state index >= 15 is 0 Å². The highest BCUT2D eigenvalue weighted by Gasteiger charge is 2.36. The van der Waals surface area contributed by atoms with Gasteiger partial charge in [-0.25, -0.2) is 4.79 Å². The summed E-state index contributed by atoms with van der Waals surface area (Å²) in [6.45, 7) is 0.506. The van der Waals surface area contributed by atoms with Gasteiger partial charge in [-0.15, -0.1) is 0 Å². The van der Waals surface area contributed by atoms with Crippen LogP contribution in [0.3, 0.4) is 0 Å². The number of nitrogens with one attached hydrogen (secondary N) is 2. The average Bonchev–Trinajstić information content (AvgIpc) is 2.46. The smallest absolute Gasteiger partial charge is 0.315 e. The molecule has 3 rings (SSSR count). The summed E-state index contributed by atoms with van der Waals surface area (Å²) in [5.74, 6) is 0. The van der Waals surface area contributed by atoms with Crippen molar-refractivity contribution in [3.05, 3.63) is 34.9 Å². The predicted octanol–water partition coefficient (Wildman–Crippen LogP) is 3.15. The first-order valence-corrected chi connectivity index (χ1v) is 8.50. The van der Waals surface area contributed by atoms with Crippen LogP contribution in [0.15, 0.2) is 24.3 Å². The van der Waals surface area contributed by atoms with Gasteiger partial charge in [-0.2, -0.15) is 0 Å². The Bertz CT molecular complexity index is 522. The van der Waals surface area contributed by atoms with Gasteiger partial charge in [0.1, 0.15) is 0 Å². The SMILES string of the molecule is CN1C2CCCC1CC(NC(=O)NCc1cccc(Cl)c1)C2. The van der Waals surface area contributed by atoms with Crippen LogP contribution < -0.4 is 10.6 Å². The third-order valence-electron chi connectivity index (χ3n) is 5.02. The maximum atomic E-state index is 12.1. The van der Waals surface area contributed by atoms with E-state index in [4.69, 9.17) is 11.6 Å². The minimum atomic E-state index is -0.0763. The van der Waals surface area contributed by atoms with Crippen molar-refractivity contribution in [3.63, 3.8) is 0 Å². The molecule has 2 heterocycles. The molecule has 2 N–H and O–H groups in total. The van der Waals surface area contributed by atoms with Crippen LogP contribution in [0, 0.1) is 0 Å². The Hall–Kier alpha value is -1.26. The molecule has 5 heteroatoms. The highest BCUT2D eigenvalue weighted by Crippen LogP contribution is 2.32. The van der Waals surface area contributed by atoms with Gasteiger partial charge < -0.3 is 15.5 Å². The van der Waals surface area contributed by atoms with Crippen LogP contribution >= 0.6 is 11.6 Å². The molecule has 0 radical (unpaired) electrons. The normalized spacial score (nSPS) is 28.2. The van der Waals surface area contributed by atoms with Crippen LogP contribution in [0.4, 0.5) is 4.79 Å². The monoisotopic (exact) mass is 321 g/mol. The van der Waals surface area contributed by atoms with Gasteiger partial charge in [0.05, 0.1) is 0 Å². The summed E-state index contributed by atoms with van der Waals surface area (Å²) in [5, 5.41) is 6.77. The molecule has 4 nitrogen and oxygen atoms in total. The van der Waals surface area contributed by atoms with Gasteiger partial charge >= 0.3 is 6.03 Å². The lowest BCUT2D eigenvalue weighted by atomic mass is 9.82. The molecule has 0 saturated carbocycles. The molecule has 2 aliphatic rings. The molecule has 0 aromatic heterocycles. The lowest BCUT2D eigenvalue weighted by Crippen LogP contribution is -2.56. The first kappa shape index (κ1) is 15.6. The van der Waals surface area contributed by atoms with Crippen molar-refractivity contribution < 1.29 is 4.79 Å². The molecule has 2 bridgehead atoms. The quantitative estimate of drug-likeness (QED) is 0.898. The zero-order chi connectivity index (χ0) is 15.5. The Morgan fingerprint density at radius 1 is 1.32 bits per heavy atom. The predicted molar refractivity (Wildman–Crippen MR) is 89.0 cm³/mol. The highest BCUT2D eigenvalue weighted by atomic mass is 35.5. The Morgan fingerprint density at radius 2 is 2.05 bits per heavy atom. The maximum absolute atomic E-state index is 12.1. The van der Waals surface area contributed by atoms with Gasteiger partial charge in [0.15, 0.2) is 0 Å². The largest absolute Gasteiger partial charge is 0.335 e. The average molecular weight is 322 g/mol. The van der Waals surface area contributed by atoms with Crippen molar-refractivity contribution in [2.75, 3.05) is 7.05 Å². The number of piperidine rings is 2. The lowest BCUT2D eigenvalue weighted by molar-refractivity contribution is 0.0509. The van der Waals surface area contributed by atoms with Crippen molar-refractivity contribution in [3.8, 4) is 0 Å². The molecule has 2 amide bonds. The zero-order valence-corrected chi connectivity index (χ0v) is 13.8. The number of fused-ring (bicyclic) bond motifs is 2. The van der Waals surface area contributed by atoms with Crippen LogP contribution in [0.2, 0.25) is 5.02 Å². The number of carbonyl (C=O) groups is 1. The van der Waals surface area contributed by atoms with E-state index in [0.29, 0.717) is 29.7 Å². The number of hydrogen-bond acceptors (Lipinski definition) is 2. The Labute approximate surface area is 137 Å². The molecular formula is C17H24ClN3O. The Morgan fingerprint density at radius 3 is 2.73 bits per heavy atom. The fourth-order valence-corrected chi connectivity index (χ4v) is 4.01. The van der Waals surface area contributed by atoms with Crippen molar-refractivity contribution in [1.29, 1.82) is 0 Å². The van der Waals surface area contributed by atoms with Gasteiger partial charge in [0, 0.05) is 29.7 Å². The Kier molecular flexibility index (Phi) is 4.89. The van der Waals surface area contributed by atoms with Crippen LogP contribution in [-0.2, 0) is 6.54 Å². The maximum Gasteiger partial charge on any atom is 0.315 e. The zero-order valence-electron chi connectivity index (χ0n) is 13.0. The molecule has 2 unspecified atom stereocenters. The third-order valence-corrected chi connectivity index (χ3v) is 5.25. The molecule has 2 aliphatic heterocycles. The summed E-state index contributed by atoms with van der Waals surface area (Å²) in [7, 11) is 2.23. The second kappa shape index (κ2) is 6.88. The molecule has 2 fully saturated rings. The van der Waals surface area contributed by atoms with Crippen molar-refractivity contribution in [2.45, 2.75) is 56.8 Å². The third kappa shape index (κ3) is 3.73. The number of benzene rings is 1. The summed E-state index contributed by atoms with van der Waals surface area (Å²) in [5.41, 5.74) is 1.02. The summed E-state index contributed by atoms with van der Waals surface area (Å²) in [6.07, 6.45) is 5.98. The van der Waals surface area contributed by atoms with E-state index in [9.17, 15) is 4.79 Å². The first-order valence-electron chi connectivity index (χ1n) is 8.12. The molecule has 0 aliphatic carbocycles. The number of carbonyl (C=O) groups excluding carboxylic acids is 1. The number of amides is 2. The molecule has 2 atom stereocenters. The fraction of sp³-hybridized carbons (Fsp3) is 0.588. The first-order chi connectivity index (χ1) is 10.6. The summed E-state index contributed by atoms with van der Waals surface area (Å²) in [4.78, 5) is 14.6. The van der Waals surface area contributed by atoms with Crippen molar-refractivity contribution in [1.82, 2.24) is 15.5 Å². The van der Waals surface area contributed by atoms with Crippen LogP contribution in [-0.4, -0.2) is 36.1 Å². The second-order valence-corrected chi connectivity index (χ2v) is 6.97. The van der Waals surface area contributed by atoms with E-state index in [2.05, 4.69) is 22.6 Å². The molecule has 120 valence electrons. The standard InChI is InChI=1S/C17H24ClN3O/c1-21-15-6-3-7-16(21)10-14(9-15)20-17(22)19-11-12-4-2-5-13(18)8-12/h2,4-5,8,14-16H,3,6-7,9-11H2,1H3,(H2,19,20,22). The second-order valence-electron chi connectivity index (χ2n) is 6.53. The summed E-state index contributed by atoms with van der Waals surface area (Å²) >= 11 is 5.95. The number of hydrogen-bond donors (Lipinski definition) is 2. The van der Waals surface area contributed by atoms with Gasteiger partial charge in [0.25, 0.3) is 0 Å². The van der Waals surface area contributed by atoms with E-state index in [1.54, 1.807) is 0 Å². The Balaban J connectivity index is 1.48. The van der Waals surface area contributed by atoms with E-state index < -0.39 is 0 Å². The lowest BCUT2D eigenvalue weighted by Gasteiger charge is -2.47. The van der Waals surface area contributed by atoms with E-state index in [-0.39, 0.29) is 6.03 Å². The number of urea groups is 1. The topological polar surface area (TPSA) is 44.4 Å². The van der Waals surface area contributed by atoms with Gasteiger partial charge in [-0.05, 0) is 50.4 Å². The van der Waals surface area contributed by atoms with Crippen LogP contribution in [0.1, 0.15) is 37.7 Å². The van der Waals surface area contributed by atoms with Crippen LogP contribution in [0.25, 0.3) is 0 Å². The van der Waals surface area contributed by atoms with Crippen molar-refractivity contribution in [2.24, 2.45) is 0 Å². The minimum Gasteiger partial charge on any atom is -0.335 e. The molecule has 0 spiro atoms. The minimum absolute atomic E-state index is 0.0763. The van der Waals surface area contributed by atoms with Gasteiger partial charge in [-0.1, -0.05) is 30.2 Å². The van der Waals surface area contributed by atoms with Gasteiger partial charge in [0.2, 0.25) is 0 Å². The number of halogens is 1. The van der Waals surface area contributed by atoms with Crippen LogP contribution in [0.5, 0.6) is 0 Å². The highest BCUT2D eigenvalue weighted by molar-refractivity contribution is 6.30.